The Morgan fingerprint density at radius 3 is 2.46 bits per heavy atom. The summed E-state index contributed by atoms with van der Waals surface area (Å²) in [6.45, 7) is 7.97. The largest absolute Gasteiger partial charge is 0.507 e. The van der Waals surface area contributed by atoms with E-state index in [4.69, 9.17) is 16.3 Å². The third-order valence-electron chi connectivity index (χ3n) is 6.18. The van der Waals surface area contributed by atoms with Crippen molar-refractivity contribution in [2.75, 3.05) is 12.0 Å². The van der Waals surface area contributed by atoms with Crippen LogP contribution in [0.25, 0.3) is 5.76 Å². The van der Waals surface area contributed by atoms with Gasteiger partial charge >= 0.3 is 0 Å². The molecule has 1 aromatic heterocycles. The molecule has 1 unspecified atom stereocenters. The van der Waals surface area contributed by atoms with E-state index in [2.05, 4.69) is 25.8 Å². The number of hydrogen-bond donors (Lipinski definition) is 1. The summed E-state index contributed by atoms with van der Waals surface area (Å²) in [5.74, 6) is -1.42. The molecule has 0 aliphatic carbocycles. The number of ether oxygens (including phenoxy) is 1. The number of ketones is 1. The van der Waals surface area contributed by atoms with Gasteiger partial charge in [0.25, 0.3) is 11.7 Å². The van der Waals surface area contributed by atoms with E-state index in [1.165, 1.54) is 12.0 Å². The number of halogens is 1. The molecule has 1 atom stereocenters. The van der Waals surface area contributed by atoms with Gasteiger partial charge in [0, 0.05) is 23.1 Å². The lowest BCUT2D eigenvalue weighted by Crippen LogP contribution is -2.30. The van der Waals surface area contributed by atoms with E-state index in [9.17, 15) is 14.7 Å². The van der Waals surface area contributed by atoms with Gasteiger partial charge in [0.1, 0.15) is 11.5 Å². The summed E-state index contributed by atoms with van der Waals surface area (Å²) >= 11 is 6.14. The first-order chi connectivity index (χ1) is 16.5. The van der Waals surface area contributed by atoms with Crippen LogP contribution >= 0.6 is 11.6 Å². The normalized spacial score (nSPS) is 17.7. The van der Waals surface area contributed by atoms with Crippen molar-refractivity contribution >= 4 is 34.7 Å². The SMILES string of the molecule is COc1ccc(C(C)(C)C)cc1/C(O)=C1\C(=O)C(=O)N(c2ccc(Cl)cc2C)C1c1cccnc1. The number of carbonyl (C=O) groups is 2. The Morgan fingerprint density at radius 2 is 1.86 bits per heavy atom. The molecular formula is C28H27ClN2O4. The van der Waals surface area contributed by atoms with Crippen molar-refractivity contribution in [3.8, 4) is 5.75 Å². The number of amides is 1. The third-order valence-corrected chi connectivity index (χ3v) is 6.42. The van der Waals surface area contributed by atoms with E-state index >= 15 is 0 Å². The molecule has 6 nitrogen and oxygen atoms in total. The highest BCUT2D eigenvalue weighted by Gasteiger charge is 2.47. The van der Waals surface area contributed by atoms with Gasteiger partial charge < -0.3 is 9.84 Å². The molecule has 1 aliphatic rings. The van der Waals surface area contributed by atoms with Crippen LogP contribution in [0.1, 0.15) is 49.1 Å². The second-order valence-corrected chi connectivity index (χ2v) is 9.99. The van der Waals surface area contributed by atoms with Gasteiger partial charge in [-0.2, -0.15) is 0 Å². The molecule has 2 aromatic carbocycles. The smallest absolute Gasteiger partial charge is 0.300 e. The molecule has 1 aliphatic heterocycles. The molecule has 35 heavy (non-hydrogen) atoms. The molecule has 1 amide bonds. The lowest BCUT2D eigenvalue weighted by Gasteiger charge is -2.27. The summed E-state index contributed by atoms with van der Waals surface area (Å²) in [7, 11) is 1.50. The average Bonchev–Trinajstić information content (AvgIpc) is 3.08. The van der Waals surface area contributed by atoms with Crippen LogP contribution < -0.4 is 9.64 Å². The maximum absolute atomic E-state index is 13.5. The molecular weight excluding hydrogens is 464 g/mol. The number of hydrogen-bond acceptors (Lipinski definition) is 5. The predicted octanol–water partition coefficient (Wildman–Crippen LogP) is 5.98. The minimum atomic E-state index is -0.883. The van der Waals surface area contributed by atoms with Gasteiger partial charge in [-0.05, 0) is 65.4 Å². The van der Waals surface area contributed by atoms with E-state index in [1.54, 1.807) is 54.9 Å². The fourth-order valence-electron chi connectivity index (χ4n) is 4.33. The van der Waals surface area contributed by atoms with Crippen molar-refractivity contribution in [2.45, 2.75) is 39.2 Å². The molecule has 2 heterocycles. The highest BCUT2D eigenvalue weighted by atomic mass is 35.5. The van der Waals surface area contributed by atoms with Crippen LogP contribution in [0.5, 0.6) is 5.75 Å². The zero-order chi connectivity index (χ0) is 25.5. The molecule has 0 radical (unpaired) electrons. The van der Waals surface area contributed by atoms with E-state index in [0.717, 1.165) is 11.1 Å². The summed E-state index contributed by atoms with van der Waals surface area (Å²) < 4.78 is 5.51. The first-order valence-corrected chi connectivity index (χ1v) is 11.6. The van der Waals surface area contributed by atoms with Gasteiger partial charge in [-0.25, -0.2) is 0 Å². The number of nitrogens with zero attached hydrogens (tertiary/aromatic N) is 2. The summed E-state index contributed by atoms with van der Waals surface area (Å²) in [5.41, 5.74) is 2.90. The van der Waals surface area contributed by atoms with Crippen LogP contribution in [-0.2, 0) is 15.0 Å². The Kier molecular flexibility index (Phi) is 6.43. The minimum absolute atomic E-state index is 0.0262. The molecule has 180 valence electrons. The Labute approximate surface area is 209 Å². The highest BCUT2D eigenvalue weighted by Crippen LogP contribution is 2.44. The van der Waals surface area contributed by atoms with Crippen LogP contribution in [-0.4, -0.2) is 28.9 Å². The van der Waals surface area contributed by atoms with E-state index < -0.39 is 17.7 Å². The van der Waals surface area contributed by atoms with Crippen molar-refractivity contribution in [1.29, 1.82) is 0 Å². The number of benzene rings is 2. The first kappa shape index (κ1) is 24.5. The Morgan fingerprint density at radius 1 is 1.11 bits per heavy atom. The molecule has 0 saturated carbocycles. The zero-order valence-corrected chi connectivity index (χ0v) is 21.1. The predicted molar refractivity (Wildman–Crippen MR) is 137 cm³/mol. The summed E-state index contributed by atoms with van der Waals surface area (Å²) in [6.07, 6.45) is 3.20. The van der Waals surface area contributed by atoms with Crippen molar-refractivity contribution in [3.05, 3.63) is 93.8 Å². The zero-order valence-electron chi connectivity index (χ0n) is 20.3. The fraction of sp³-hybridized carbons (Fsp3) is 0.250. The summed E-state index contributed by atoms with van der Waals surface area (Å²) in [5, 5.41) is 12.1. The maximum Gasteiger partial charge on any atom is 0.300 e. The Hall–Kier alpha value is -3.64. The number of aliphatic hydroxyl groups excluding tert-OH is 1. The molecule has 1 saturated heterocycles. The molecule has 4 rings (SSSR count). The van der Waals surface area contributed by atoms with Crippen LogP contribution in [0.3, 0.4) is 0 Å². The van der Waals surface area contributed by atoms with Gasteiger partial charge in [-0.15, -0.1) is 0 Å². The number of pyridine rings is 1. The Bertz CT molecular complexity index is 1340. The van der Waals surface area contributed by atoms with Gasteiger partial charge in [0.05, 0.1) is 24.3 Å². The molecule has 3 aromatic rings. The molecule has 1 fully saturated rings. The number of methoxy groups -OCH3 is 1. The van der Waals surface area contributed by atoms with Crippen LogP contribution in [0.15, 0.2) is 66.5 Å². The molecule has 7 heteroatoms. The standard InChI is InChI=1S/C28H27ClN2O4/c1-16-13-19(29)9-10-21(16)31-24(17-7-6-12-30-15-17)23(26(33)27(31)34)25(32)20-14-18(28(2,3)4)8-11-22(20)35-5/h6-15,24,32H,1-5H3/b25-23+. The van der Waals surface area contributed by atoms with Gasteiger partial charge in [0.2, 0.25) is 0 Å². The van der Waals surface area contributed by atoms with Crippen LogP contribution in [0, 0.1) is 6.92 Å². The van der Waals surface area contributed by atoms with E-state index in [1.807, 2.05) is 13.0 Å². The second kappa shape index (κ2) is 9.19. The lowest BCUT2D eigenvalue weighted by atomic mass is 9.85. The van der Waals surface area contributed by atoms with Crippen molar-refractivity contribution < 1.29 is 19.4 Å². The number of carbonyl (C=O) groups excluding carboxylic acids is 2. The minimum Gasteiger partial charge on any atom is -0.507 e. The summed E-state index contributed by atoms with van der Waals surface area (Å²) in [6, 6.07) is 13.2. The van der Waals surface area contributed by atoms with Crippen LogP contribution in [0.4, 0.5) is 5.69 Å². The first-order valence-electron chi connectivity index (χ1n) is 11.2. The highest BCUT2D eigenvalue weighted by molar-refractivity contribution is 6.52. The molecule has 0 spiro atoms. The quantitative estimate of drug-likeness (QED) is 0.276. The van der Waals surface area contributed by atoms with Gasteiger partial charge in [-0.1, -0.05) is 44.5 Å². The number of aliphatic hydroxyl groups is 1. The fourth-order valence-corrected chi connectivity index (χ4v) is 4.55. The lowest BCUT2D eigenvalue weighted by molar-refractivity contribution is -0.132. The van der Waals surface area contributed by atoms with Gasteiger partial charge in [-0.3, -0.25) is 19.5 Å². The number of Topliss-reactive ketones (excluding diaryl/α,β-unsaturated/α-hetero) is 1. The average molecular weight is 491 g/mol. The number of aryl methyl sites for hydroxylation is 1. The number of aromatic nitrogens is 1. The number of rotatable bonds is 4. The van der Waals surface area contributed by atoms with E-state index in [0.29, 0.717) is 27.6 Å². The topological polar surface area (TPSA) is 79.7 Å². The Balaban J connectivity index is 2.00. The van der Waals surface area contributed by atoms with Gasteiger partial charge in [0.15, 0.2) is 0 Å². The van der Waals surface area contributed by atoms with Crippen molar-refractivity contribution in [2.24, 2.45) is 0 Å². The molecule has 0 bridgehead atoms. The number of anilines is 1. The van der Waals surface area contributed by atoms with Crippen LogP contribution in [0.2, 0.25) is 5.02 Å². The second-order valence-electron chi connectivity index (χ2n) is 9.55. The summed E-state index contributed by atoms with van der Waals surface area (Å²) in [4.78, 5) is 32.4. The maximum atomic E-state index is 13.5. The van der Waals surface area contributed by atoms with E-state index in [-0.39, 0.29) is 16.7 Å². The monoisotopic (exact) mass is 490 g/mol. The molecule has 1 N–H and O–H groups in total. The van der Waals surface area contributed by atoms with Crippen molar-refractivity contribution in [3.63, 3.8) is 0 Å². The third kappa shape index (κ3) is 4.42. The van der Waals surface area contributed by atoms with Crippen molar-refractivity contribution in [1.82, 2.24) is 4.98 Å².